The van der Waals surface area contributed by atoms with Crippen LogP contribution in [0.1, 0.15) is 20.8 Å². The first-order valence-corrected chi connectivity index (χ1v) is 6.26. The van der Waals surface area contributed by atoms with Crippen molar-refractivity contribution in [2.45, 2.75) is 0 Å². The normalized spacial score (nSPS) is 10.1. The Morgan fingerprint density at radius 2 is 1.95 bits per heavy atom. The lowest BCUT2D eigenvalue weighted by Gasteiger charge is -2.07. The van der Waals surface area contributed by atoms with E-state index in [4.69, 9.17) is 5.11 Å². The molecule has 0 unspecified atom stereocenters. The maximum absolute atomic E-state index is 12.0. The number of carboxylic acids is 1. The maximum atomic E-state index is 12.0. The van der Waals surface area contributed by atoms with Gasteiger partial charge >= 0.3 is 5.97 Å². The fraction of sp³-hybridized carbons (Fsp3) is 0. The zero-order valence-corrected chi connectivity index (χ0v) is 11.6. The van der Waals surface area contributed by atoms with Crippen molar-refractivity contribution in [3.63, 3.8) is 0 Å². The van der Waals surface area contributed by atoms with Crippen molar-refractivity contribution in [1.29, 1.82) is 0 Å². The predicted octanol–water partition coefficient (Wildman–Crippen LogP) is 2.50. The van der Waals surface area contributed by atoms with Crippen molar-refractivity contribution in [2.75, 3.05) is 5.32 Å². The first kappa shape index (κ1) is 14.0. The Hall–Kier alpha value is -2.41. The highest BCUT2D eigenvalue weighted by Gasteiger charge is 2.13. The zero-order valence-electron chi connectivity index (χ0n) is 10.0. The van der Waals surface area contributed by atoms with Gasteiger partial charge in [-0.25, -0.2) is 9.78 Å². The first-order valence-electron chi connectivity index (χ1n) is 5.46. The summed E-state index contributed by atoms with van der Waals surface area (Å²) in [6, 6.07) is 7.13. The van der Waals surface area contributed by atoms with Crippen LogP contribution in [0, 0.1) is 0 Å². The number of phenolic OH excluding ortho intramolecular Hbond substituents is 1. The molecule has 0 aliphatic heterocycles. The van der Waals surface area contributed by atoms with Gasteiger partial charge in [-0.2, -0.15) is 0 Å². The van der Waals surface area contributed by atoms with Crippen LogP contribution in [0.15, 0.2) is 41.0 Å². The summed E-state index contributed by atoms with van der Waals surface area (Å²) in [4.78, 5) is 26.4. The van der Waals surface area contributed by atoms with Gasteiger partial charge in [0.1, 0.15) is 11.4 Å². The second kappa shape index (κ2) is 5.70. The van der Waals surface area contributed by atoms with Crippen molar-refractivity contribution in [2.24, 2.45) is 0 Å². The lowest BCUT2D eigenvalue weighted by atomic mass is 10.2. The number of aromatic carboxylic acids is 1. The molecule has 1 aromatic heterocycles. The Bertz CT molecular complexity index is 688. The number of anilines is 1. The van der Waals surface area contributed by atoms with E-state index in [9.17, 15) is 14.7 Å². The van der Waals surface area contributed by atoms with Gasteiger partial charge in [0.2, 0.25) is 0 Å². The maximum Gasteiger partial charge on any atom is 0.354 e. The number of nitrogens with one attached hydrogen (secondary N) is 1. The Morgan fingerprint density at radius 1 is 1.20 bits per heavy atom. The molecule has 7 heteroatoms. The lowest BCUT2D eigenvalue weighted by Crippen LogP contribution is -2.13. The van der Waals surface area contributed by atoms with Gasteiger partial charge in [0.05, 0.1) is 5.56 Å². The summed E-state index contributed by atoms with van der Waals surface area (Å²) in [6.07, 6.45) is 1.28. The molecule has 2 aromatic rings. The summed E-state index contributed by atoms with van der Waals surface area (Å²) in [5, 5.41) is 21.0. The number of carbonyl (C=O) groups excluding carboxylic acids is 1. The van der Waals surface area contributed by atoms with E-state index < -0.39 is 11.9 Å². The van der Waals surface area contributed by atoms with Crippen LogP contribution in [-0.4, -0.2) is 27.1 Å². The summed E-state index contributed by atoms with van der Waals surface area (Å²) in [7, 11) is 0. The standard InChI is InChI=1S/C13H9BrN2O4/c14-7-1-2-11(17)9(5-7)12(18)16-8-3-4-15-10(6-8)13(19)20/h1-6,17H,(H,19,20)(H,15,16,18). The van der Waals surface area contributed by atoms with Crippen LogP contribution in [0.4, 0.5) is 5.69 Å². The smallest absolute Gasteiger partial charge is 0.354 e. The van der Waals surface area contributed by atoms with E-state index >= 15 is 0 Å². The number of rotatable bonds is 3. The first-order chi connectivity index (χ1) is 9.47. The highest BCUT2D eigenvalue weighted by atomic mass is 79.9. The Kier molecular flexibility index (Phi) is 3.99. The van der Waals surface area contributed by atoms with Crippen molar-refractivity contribution >= 4 is 33.5 Å². The number of nitrogens with zero attached hydrogens (tertiary/aromatic N) is 1. The molecular formula is C13H9BrN2O4. The minimum atomic E-state index is -1.19. The fourth-order valence-corrected chi connectivity index (χ4v) is 1.87. The highest BCUT2D eigenvalue weighted by Crippen LogP contribution is 2.23. The fourth-order valence-electron chi connectivity index (χ4n) is 1.51. The number of hydrogen-bond donors (Lipinski definition) is 3. The van der Waals surface area contributed by atoms with Gasteiger partial charge in [0, 0.05) is 16.4 Å². The van der Waals surface area contributed by atoms with Crippen LogP contribution < -0.4 is 5.32 Å². The van der Waals surface area contributed by atoms with Gasteiger partial charge in [0.15, 0.2) is 0 Å². The summed E-state index contributed by atoms with van der Waals surface area (Å²) < 4.78 is 0.640. The summed E-state index contributed by atoms with van der Waals surface area (Å²) in [5.74, 6) is -1.91. The molecule has 1 amide bonds. The third-order valence-corrected chi connectivity index (χ3v) is 2.93. The predicted molar refractivity (Wildman–Crippen MR) is 75.0 cm³/mol. The van der Waals surface area contributed by atoms with E-state index in [1.165, 1.54) is 30.5 Å². The summed E-state index contributed by atoms with van der Waals surface area (Å²) in [5.41, 5.74) is 0.177. The van der Waals surface area contributed by atoms with Crippen LogP contribution in [0.3, 0.4) is 0 Å². The molecule has 1 heterocycles. The number of aromatic nitrogens is 1. The molecule has 3 N–H and O–H groups in total. The number of pyridine rings is 1. The zero-order chi connectivity index (χ0) is 14.7. The van der Waals surface area contributed by atoms with Gasteiger partial charge in [0.25, 0.3) is 5.91 Å². The van der Waals surface area contributed by atoms with E-state index in [1.54, 1.807) is 6.07 Å². The van der Waals surface area contributed by atoms with E-state index in [0.29, 0.717) is 4.47 Å². The molecule has 0 bridgehead atoms. The molecule has 0 aliphatic rings. The molecule has 0 saturated carbocycles. The number of carbonyl (C=O) groups is 2. The average Bonchev–Trinajstić information content (AvgIpc) is 2.41. The van der Waals surface area contributed by atoms with Crippen LogP contribution in [0.25, 0.3) is 0 Å². The Balaban J connectivity index is 2.25. The van der Waals surface area contributed by atoms with Gasteiger partial charge in [-0.05, 0) is 30.3 Å². The van der Waals surface area contributed by atoms with E-state index in [-0.39, 0.29) is 22.7 Å². The van der Waals surface area contributed by atoms with Gasteiger partial charge in [-0.15, -0.1) is 0 Å². The minimum Gasteiger partial charge on any atom is -0.507 e. The van der Waals surface area contributed by atoms with Crippen molar-refractivity contribution in [1.82, 2.24) is 4.98 Å². The molecule has 102 valence electrons. The highest BCUT2D eigenvalue weighted by molar-refractivity contribution is 9.10. The van der Waals surface area contributed by atoms with E-state index in [1.807, 2.05) is 0 Å². The lowest BCUT2D eigenvalue weighted by molar-refractivity contribution is 0.0690. The van der Waals surface area contributed by atoms with Crippen LogP contribution >= 0.6 is 15.9 Å². The second-order valence-corrected chi connectivity index (χ2v) is 4.77. The number of amides is 1. The second-order valence-electron chi connectivity index (χ2n) is 3.85. The Labute approximate surface area is 122 Å². The number of aromatic hydroxyl groups is 1. The van der Waals surface area contributed by atoms with E-state index in [2.05, 4.69) is 26.2 Å². The van der Waals surface area contributed by atoms with Crippen LogP contribution in [0.5, 0.6) is 5.75 Å². The van der Waals surface area contributed by atoms with E-state index in [0.717, 1.165) is 0 Å². The SMILES string of the molecule is O=C(O)c1cc(NC(=O)c2cc(Br)ccc2O)ccn1. The summed E-state index contributed by atoms with van der Waals surface area (Å²) in [6.45, 7) is 0. The molecule has 0 saturated heterocycles. The third kappa shape index (κ3) is 3.12. The number of carboxylic acid groups (broad SMARTS) is 1. The number of phenols is 1. The number of hydrogen-bond acceptors (Lipinski definition) is 4. The largest absolute Gasteiger partial charge is 0.507 e. The molecule has 0 aliphatic carbocycles. The molecular weight excluding hydrogens is 328 g/mol. The molecule has 0 radical (unpaired) electrons. The molecule has 0 spiro atoms. The van der Waals surface area contributed by atoms with Crippen LogP contribution in [0.2, 0.25) is 0 Å². The molecule has 0 atom stereocenters. The summed E-state index contributed by atoms with van der Waals surface area (Å²) >= 11 is 3.20. The molecule has 2 rings (SSSR count). The van der Waals surface area contributed by atoms with Gasteiger partial charge in [-0.3, -0.25) is 4.79 Å². The monoisotopic (exact) mass is 336 g/mol. The van der Waals surface area contributed by atoms with Crippen LogP contribution in [-0.2, 0) is 0 Å². The Morgan fingerprint density at radius 3 is 2.65 bits per heavy atom. The number of halogens is 1. The van der Waals surface area contributed by atoms with Crippen molar-refractivity contribution in [3.05, 3.63) is 52.3 Å². The minimum absolute atomic E-state index is 0.0769. The molecule has 0 fully saturated rings. The van der Waals surface area contributed by atoms with Crippen molar-refractivity contribution < 1.29 is 19.8 Å². The number of benzene rings is 1. The average molecular weight is 337 g/mol. The molecule has 20 heavy (non-hydrogen) atoms. The van der Waals surface area contributed by atoms with Gasteiger partial charge < -0.3 is 15.5 Å². The molecule has 6 nitrogen and oxygen atoms in total. The van der Waals surface area contributed by atoms with Crippen molar-refractivity contribution in [3.8, 4) is 5.75 Å². The molecule has 1 aromatic carbocycles. The third-order valence-electron chi connectivity index (χ3n) is 2.44. The topological polar surface area (TPSA) is 99.5 Å². The quantitative estimate of drug-likeness (QED) is 0.799. The van der Waals surface area contributed by atoms with Gasteiger partial charge in [-0.1, -0.05) is 15.9 Å².